The lowest BCUT2D eigenvalue weighted by atomic mass is 9.76. The molecule has 3 rings (SSSR count). The van der Waals surface area contributed by atoms with E-state index in [1.165, 1.54) is 13.2 Å². The van der Waals surface area contributed by atoms with Crippen LogP contribution >= 0.6 is 0 Å². The van der Waals surface area contributed by atoms with E-state index in [1.54, 1.807) is 31.2 Å². The highest BCUT2D eigenvalue weighted by molar-refractivity contribution is 6.08. The molecule has 0 spiro atoms. The fourth-order valence-electron chi connectivity index (χ4n) is 2.95. The van der Waals surface area contributed by atoms with Gasteiger partial charge in [0.2, 0.25) is 5.91 Å². The van der Waals surface area contributed by atoms with E-state index >= 15 is 0 Å². The Labute approximate surface area is 131 Å². The molecule has 1 atom stereocenters. The van der Waals surface area contributed by atoms with Gasteiger partial charge in [0.1, 0.15) is 11.2 Å². The van der Waals surface area contributed by atoms with Crippen LogP contribution in [-0.4, -0.2) is 13.0 Å². The molecule has 23 heavy (non-hydrogen) atoms. The number of carbonyl (C=O) groups is 1. The summed E-state index contributed by atoms with van der Waals surface area (Å²) in [5.74, 6) is 0.134. The highest BCUT2D eigenvalue weighted by Gasteiger charge is 2.46. The van der Waals surface area contributed by atoms with Gasteiger partial charge in [-0.3, -0.25) is 4.79 Å². The van der Waals surface area contributed by atoms with Gasteiger partial charge in [-0.15, -0.1) is 0 Å². The molecule has 0 bridgehead atoms. The summed E-state index contributed by atoms with van der Waals surface area (Å²) in [7, 11) is 1.49. The van der Waals surface area contributed by atoms with Gasteiger partial charge in [0, 0.05) is 11.3 Å². The lowest BCUT2D eigenvalue weighted by molar-refractivity contribution is -0.137. The monoisotopic (exact) mass is 321 g/mol. The molecule has 1 amide bonds. The number of hydrogen-bond donors (Lipinski definition) is 1. The molecule has 0 aliphatic carbocycles. The van der Waals surface area contributed by atoms with Crippen LogP contribution in [0.15, 0.2) is 42.5 Å². The van der Waals surface area contributed by atoms with Crippen LogP contribution in [0.4, 0.5) is 18.9 Å². The van der Waals surface area contributed by atoms with Gasteiger partial charge in [-0.1, -0.05) is 24.3 Å². The van der Waals surface area contributed by atoms with Gasteiger partial charge in [-0.2, -0.15) is 13.2 Å². The molecule has 2 aromatic rings. The third-order valence-electron chi connectivity index (χ3n) is 4.23. The van der Waals surface area contributed by atoms with Gasteiger partial charge >= 0.3 is 6.18 Å². The van der Waals surface area contributed by atoms with E-state index in [0.29, 0.717) is 16.9 Å². The second kappa shape index (κ2) is 5.01. The molecule has 0 aromatic heterocycles. The Bertz CT molecular complexity index is 786. The fourth-order valence-corrected chi connectivity index (χ4v) is 2.95. The second-order valence-corrected chi connectivity index (χ2v) is 5.54. The zero-order chi connectivity index (χ0) is 16.8. The SMILES string of the molecule is COc1ccccc1C1(C)C(=O)Nc2cc(C(F)(F)F)ccc21. The Morgan fingerprint density at radius 3 is 2.43 bits per heavy atom. The predicted molar refractivity (Wildman–Crippen MR) is 79.5 cm³/mol. The summed E-state index contributed by atoms with van der Waals surface area (Å²) < 4.78 is 43.9. The average Bonchev–Trinajstić information content (AvgIpc) is 2.78. The number of fused-ring (bicyclic) bond motifs is 1. The van der Waals surface area contributed by atoms with Crippen LogP contribution in [0.5, 0.6) is 5.75 Å². The van der Waals surface area contributed by atoms with Crippen LogP contribution in [-0.2, 0) is 16.4 Å². The number of para-hydroxylation sites is 1. The van der Waals surface area contributed by atoms with E-state index in [2.05, 4.69) is 5.32 Å². The molecule has 1 aliphatic rings. The Balaban J connectivity index is 2.19. The van der Waals surface area contributed by atoms with E-state index in [-0.39, 0.29) is 11.6 Å². The summed E-state index contributed by atoms with van der Waals surface area (Å²) in [5.41, 5.74) is -0.607. The lowest BCUT2D eigenvalue weighted by Crippen LogP contribution is -2.32. The van der Waals surface area contributed by atoms with Crippen LogP contribution in [0.1, 0.15) is 23.6 Å². The number of alkyl halides is 3. The van der Waals surface area contributed by atoms with Crippen LogP contribution in [0.3, 0.4) is 0 Å². The zero-order valence-electron chi connectivity index (χ0n) is 12.5. The van der Waals surface area contributed by atoms with Crippen molar-refractivity contribution >= 4 is 11.6 Å². The number of anilines is 1. The third kappa shape index (κ3) is 2.25. The number of hydrogen-bond acceptors (Lipinski definition) is 2. The molecule has 6 heteroatoms. The van der Waals surface area contributed by atoms with Crippen molar-refractivity contribution in [1.82, 2.24) is 0 Å². The van der Waals surface area contributed by atoms with Crippen molar-refractivity contribution in [3.63, 3.8) is 0 Å². The van der Waals surface area contributed by atoms with Crippen LogP contribution in [0.25, 0.3) is 0 Å². The first kappa shape index (κ1) is 15.4. The minimum Gasteiger partial charge on any atom is -0.496 e. The quantitative estimate of drug-likeness (QED) is 0.909. The first-order valence-electron chi connectivity index (χ1n) is 6.95. The Morgan fingerprint density at radius 1 is 1.09 bits per heavy atom. The topological polar surface area (TPSA) is 38.3 Å². The van der Waals surface area contributed by atoms with Gasteiger partial charge in [0.05, 0.1) is 12.7 Å². The van der Waals surface area contributed by atoms with Gasteiger partial charge in [-0.05, 0) is 30.7 Å². The maximum Gasteiger partial charge on any atom is 0.416 e. The van der Waals surface area contributed by atoms with Crippen molar-refractivity contribution in [2.45, 2.75) is 18.5 Å². The van der Waals surface area contributed by atoms with Gasteiger partial charge in [0.25, 0.3) is 0 Å². The first-order valence-corrected chi connectivity index (χ1v) is 6.95. The van der Waals surface area contributed by atoms with Crippen molar-refractivity contribution in [2.75, 3.05) is 12.4 Å². The number of nitrogens with one attached hydrogen (secondary N) is 1. The molecule has 1 heterocycles. The van der Waals surface area contributed by atoms with E-state index < -0.39 is 17.2 Å². The predicted octanol–water partition coefficient (Wildman–Crippen LogP) is 3.97. The molecule has 1 aliphatic heterocycles. The molecule has 0 saturated heterocycles. The maximum atomic E-state index is 12.9. The minimum absolute atomic E-state index is 0.179. The summed E-state index contributed by atoms with van der Waals surface area (Å²) in [6.07, 6.45) is -4.46. The molecule has 0 saturated carbocycles. The van der Waals surface area contributed by atoms with Crippen molar-refractivity contribution in [3.8, 4) is 5.75 Å². The Kier molecular flexibility index (Phi) is 3.35. The molecule has 0 radical (unpaired) electrons. The molecule has 2 aromatic carbocycles. The van der Waals surface area contributed by atoms with E-state index in [0.717, 1.165) is 12.1 Å². The highest BCUT2D eigenvalue weighted by Crippen LogP contribution is 2.47. The number of amides is 1. The van der Waals surface area contributed by atoms with Crippen LogP contribution < -0.4 is 10.1 Å². The summed E-state index contributed by atoms with van der Waals surface area (Å²) in [6.45, 7) is 1.68. The maximum absolute atomic E-state index is 12.9. The Hall–Kier alpha value is -2.50. The van der Waals surface area contributed by atoms with E-state index in [1.807, 2.05) is 0 Å². The van der Waals surface area contributed by atoms with Gasteiger partial charge < -0.3 is 10.1 Å². The first-order chi connectivity index (χ1) is 10.8. The van der Waals surface area contributed by atoms with Crippen LogP contribution in [0.2, 0.25) is 0 Å². The molecule has 0 fully saturated rings. The summed E-state index contributed by atoms with van der Waals surface area (Å²) in [4.78, 5) is 12.5. The average molecular weight is 321 g/mol. The van der Waals surface area contributed by atoms with E-state index in [9.17, 15) is 18.0 Å². The molecular weight excluding hydrogens is 307 g/mol. The van der Waals surface area contributed by atoms with Crippen molar-refractivity contribution in [3.05, 3.63) is 59.2 Å². The molecule has 120 valence electrons. The molecule has 1 N–H and O–H groups in total. The molecular formula is C17H14F3NO2. The van der Waals surface area contributed by atoms with E-state index in [4.69, 9.17) is 4.74 Å². The highest BCUT2D eigenvalue weighted by atomic mass is 19.4. The number of carbonyl (C=O) groups excluding carboxylic acids is 1. The van der Waals surface area contributed by atoms with Crippen molar-refractivity contribution in [1.29, 1.82) is 0 Å². The normalized spacial score (nSPS) is 20.1. The Morgan fingerprint density at radius 2 is 1.78 bits per heavy atom. The lowest BCUT2D eigenvalue weighted by Gasteiger charge is -2.25. The smallest absolute Gasteiger partial charge is 0.416 e. The van der Waals surface area contributed by atoms with Crippen molar-refractivity contribution in [2.24, 2.45) is 0 Å². The summed E-state index contributed by atoms with van der Waals surface area (Å²) in [5, 5.41) is 2.56. The number of ether oxygens (including phenoxy) is 1. The number of rotatable bonds is 2. The fraction of sp³-hybridized carbons (Fsp3) is 0.235. The second-order valence-electron chi connectivity index (χ2n) is 5.54. The van der Waals surface area contributed by atoms with Gasteiger partial charge in [0.15, 0.2) is 0 Å². The van der Waals surface area contributed by atoms with Crippen molar-refractivity contribution < 1.29 is 22.7 Å². The zero-order valence-corrected chi connectivity index (χ0v) is 12.5. The number of benzene rings is 2. The standard InChI is InChI=1S/C17H14F3NO2/c1-16(12-5-3-4-6-14(12)23-2)11-8-7-10(17(18,19)20)9-13(11)21-15(16)22/h3-9H,1-2H3,(H,21,22). The van der Waals surface area contributed by atoms with Gasteiger partial charge in [-0.25, -0.2) is 0 Å². The minimum atomic E-state index is -4.46. The number of methoxy groups -OCH3 is 1. The number of halogens is 3. The molecule has 1 unspecified atom stereocenters. The third-order valence-corrected chi connectivity index (χ3v) is 4.23. The van der Waals surface area contributed by atoms with Crippen LogP contribution in [0, 0.1) is 0 Å². The summed E-state index contributed by atoms with van der Waals surface area (Å²) >= 11 is 0. The molecule has 3 nitrogen and oxygen atoms in total. The largest absolute Gasteiger partial charge is 0.496 e. The summed E-state index contributed by atoms with van der Waals surface area (Å²) in [6, 6.07) is 10.3.